The van der Waals surface area contributed by atoms with Crippen LogP contribution >= 0.6 is 0 Å². The average Bonchev–Trinajstić information content (AvgIpc) is 2.10. The Balaban J connectivity index is 2.69. The van der Waals surface area contributed by atoms with E-state index in [-0.39, 0.29) is 0 Å². The van der Waals surface area contributed by atoms with Gasteiger partial charge in [-0.3, -0.25) is 0 Å². The molecular weight excluding hydrogens is 160 g/mol. The molecule has 1 rings (SSSR count). The van der Waals surface area contributed by atoms with Crippen LogP contribution in [-0.4, -0.2) is 4.98 Å². The summed E-state index contributed by atoms with van der Waals surface area (Å²) in [6.45, 7) is 5.76. The maximum absolute atomic E-state index is 5.77. The van der Waals surface area contributed by atoms with Crippen molar-refractivity contribution in [3.63, 3.8) is 0 Å². The van der Waals surface area contributed by atoms with Gasteiger partial charge in [0.25, 0.3) is 0 Å². The summed E-state index contributed by atoms with van der Waals surface area (Å²) in [6, 6.07) is 2.00. The van der Waals surface area contributed by atoms with Crippen LogP contribution in [0, 0.1) is 6.92 Å². The van der Waals surface area contributed by atoms with Gasteiger partial charge in [-0.25, -0.2) is 4.98 Å². The summed E-state index contributed by atoms with van der Waals surface area (Å²) in [4.78, 5) is 4.07. The Bertz CT molecular complexity index is 272. The van der Waals surface area contributed by atoms with Gasteiger partial charge >= 0.3 is 0 Å². The highest BCUT2D eigenvalue weighted by molar-refractivity contribution is 5.43. The quantitative estimate of drug-likeness (QED) is 0.565. The van der Waals surface area contributed by atoms with Crippen LogP contribution in [0.5, 0.6) is 0 Å². The number of aromatic nitrogens is 1. The van der Waals surface area contributed by atoms with Crippen molar-refractivity contribution in [2.75, 3.05) is 5.73 Å². The Kier molecular flexibility index (Phi) is 3.50. The molecule has 2 heteroatoms. The van der Waals surface area contributed by atoms with Gasteiger partial charge in [0.1, 0.15) is 5.82 Å². The third-order valence-electron chi connectivity index (χ3n) is 2.16. The first kappa shape index (κ1) is 9.78. The van der Waals surface area contributed by atoms with Crippen molar-refractivity contribution in [2.45, 2.75) is 26.2 Å². The molecule has 2 N–H and O–H groups in total. The molecule has 1 heterocycles. The van der Waals surface area contributed by atoms with E-state index in [4.69, 9.17) is 5.73 Å². The number of nitrogen functional groups attached to an aromatic ring is 1. The van der Waals surface area contributed by atoms with E-state index in [9.17, 15) is 0 Å². The predicted octanol–water partition coefficient (Wildman–Crippen LogP) is 2.48. The zero-order chi connectivity index (χ0) is 9.68. The van der Waals surface area contributed by atoms with Crippen LogP contribution in [0.25, 0.3) is 0 Å². The fourth-order valence-corrected chi connectivity index (χ4v) is 1.36. The van der Waals surface area contributed by atoms with Crippen LogP contribution in [-0.2, 0) is 6.42 Å². The molecule has 1 aromatic heterocycles. The maximum Gasteiger partial charge on any atom is 0.126 e. The Morgan fingerprint density at radius 1 is 1.62 bits per heavy atom. The normalized spacial score (nSPS) is 9.92. The molecule has 0 atom stereocenters. The van der Waals surface area contributed by atoms with Gasteiger partial charge in [-0.2, -0.15) is 0 Å². The van der Waals surface area contributed by atoms with Gasteiger partial charge in [0, 0.05) is 6.20 Å². The molecule has 0 amide bonds. The summed E-state index contributed by atoms with van der Waals surface area (Å²) in [6.07, 6.45) is 6.81. The molecule has 2 nitrogen and oxygen atoms in total. The third-order valence-corrected chi connectivity index (χ3v) is 2.16. The van der Waals surface area contributed by atoms with E-state index < -0.39 is 0 Å². The van der Waals surface area contributed by atoms with Crippen molar-refractivity contribution < 1.29 is 0 Å². The summed E-state index contributed by atoms with van der Waals surface area (Å²) in [5.74, 6) is 0.670. The lowest BCUT2D eigenvalue weighted by Crippen LogP contribution is -1.99. The molecule has 0 aliphatic rings. The zero-order valence-corrected chi connectivity index (χ0v) is 8.09. The van der Waals surface area contributed by atoms with E-state index in [0.717, 1.165) is 19.3 Å². The van der Waals surface area contributed by atoms with E-state index in [1.54, 1.807) is 6.20 Å². The Morgan fingerprint density at radius 2 is 2.38 bits per heavy atom. The molecular formula is C11H16N2. The average molecular weight is 176 g/mol. The Morgan fingerprint density at radius 3 is 3.00 bits per heavy atom. The van der Waals surface area contributed by atoms with E-state index in [1.807, 2.05) is 12.1 Å². The minimum absolute atomic E-state index is 0.670. The fraction of sp³-hybridized carbons (Fsp3) is 0.364. The maximum atomic E-state index is 5.77. The van der Waals surface area contributed by atoms with Gasteiger partial charge in [0.15, 0.2) is 0 Å². The number of allylic oxidation sites excluding steroid dienone is 1. The Hall–Kier alpha value is -1.31. The van der Waals surface area contributed by atoms with E-state index in [1.165, 1.54) is 11.1 Å². The van der Waals surface area contributed by atoms with Gasteiger partial charge in [0.2, 0.25) is 0 Å². The highest BCUT2D eigenvalue weighted by Crippen LogP contribution is 2.16. The van der Waals surface area contributed by atoms with E-state index in [0.29, 0.717) is 5.82 Å². The number of anilines is 1. The number of pyridine rings is 1. The number of rotatable bonds is 4. The minimum atomic E-state index is 0.670. The monoisotopic (exact) mass is 176 g/mol. The summed E-state index contributed by atoms with van der Waals surface area (Å²) < 4.78 is 0. The first-order valence-corrected chi connectivity index (χ1v) is 4.56. The molecule has 0 aromatic carbocycles. The highest BCUT2D eigenvalue weighted by Gasteiger charge is 2.02. The van der Waals surface area contributed by atoms with Gasteiger partial charge in [-0.1, -0.05) is 6.08 Å². The van der Waals surface area contributed by atoms with Crippen molar-refractivity contribution in [1.82, 2.24) is 4.98 Å². The van der Waals surface area contributed by atoms with Crippen LogP contribution in [0.3, 0.4) is 0 Å². The SMILES string of the molecule is C=CCCCc1c(C)ccnc1N. The molecule has 13 heavy (non-hydrogen) atoms. The van der Waals surface area contributed by atoms with Gasteiger partial charge in [-0.05, 0) is 43.4 Å². The minimum Gasteiger partial charge on any atom is -0.383 e. The predicted molar refractivity (Wildman–Crippen MR) is 56.5 cm³/mol. The van der Waals surface area contributed by atoms with Crippen molar-refractivity contribution in [3.8, 4) is 0 Å². The molecule has 70 valence electrons. The van der Waals surface area contributed by atoms with Crippen LogP contribution in [0.15, 0.2) is 24.9 Å². The molecule has 0 radical (unpaired) electrons. The standard InChI is InChI=1S/C11H16N2/c1-3-4-5-6-10-9(2)7-8-13-11(10)12/h3,7-8H,1,4-6H2,2H3,(H2,12,13). The molecule has 0 saturated heterocycles. The smallest absolute Gasteiger partial charge is 0.126 e. The molecule has 0 fully saturated rings. The molecule has 0 spiro atoms. The van der Waals surface area contributed by atoms with Crippen LogP contribution in [0.1, 0.15) is 24.0 Å². The number of nitrogens with two attached hydrogens (primary N) is 1. The van der Waals surface area contributed by atoms with Crippen molar-refractivity contribution >= 4 is 5.82 Å². The molecule has 0 bridgehead atoms. The van der Waals surface area contributed by atoms with Crippen molar-refractivity contribution in [2.24, 2.45) is 0 Å². The zero-order valence-electron chi connectivity index (χ0n) is 8.09. The molecule has 1 aromatic rings. The van der Waals surface area contributed by atoms with E-state index >= 15 is 0 Å². The highest BCUT2D eigenvalue weighted by atomic mass is 14.8. The van der Waals surface area contributed by atoms with Gasteiger partial charge in [0.05, 0.1) is 0 Å². The first-order chi connectivity index (χ1) is 6.25. The Labute approximate surface area is 79.5 Å². The molecule has 0 saturated carbocycles. The number of nitrogens with zero attached hydrogens (tertiary/aromatic N) is 1. The largest absolute Gasteiger partial charge is 0.383 e. The van der Waals surface area contributed by atoms with Gasteiger partial charge in [-0.15, -0.1) is 6.58 Å². The van der Waals surface area contributed by atoms with Crippen LogP contribution in [0.2, 0.25) is 0 Å². The first-order valence-electron chi connectivity index (χ1n) is 4.56. The van der Waals surface area contributed by atoms with Crippen LogP contribution in [0.4, 0.5) is 5.82 Å². The third kappa shape index (κ3) is 2.58. The van der Waals surface area contributed by atoms with Gasteiger partial charge < -0.3 is 5.73 Å². The summed E-state index contributed by atoms with van der Waals surface area (Å²) >= 11 is 0. The second-order valence-corrected chi connectivity index (χ2v) is 3.17. The molecule has 0 unspecified atom stereocenters. The van der Waals surface area contributed by atoms with Crippen molar-refractivity contribution in [1.29, 1.82) is 0 Å². The lowest BCUT2D eigenvalue weighted by molar-refractivity contribution is 0.836. The molecule has 0 aliphatic heterocycles. The van der Waals surface area contributed by atoms with Crippen molar-refractivity contribution in [3.05, 3.63) is 36.0 Å². The summed E-state index contributed by atoms with van der Waals surface area (Å²) in [5.41, 5.74) is 8.18. The lowest BCUT2D eigenvalue weighted by Gasteiger charge is -2.06. The second-order valence-electron chi connectivity index (χ2n) is 3.17. The topological polar surface area (TPSA) is 38.9 Å². The number of unbranched alkanes of at least 4 members (excludes halogenated alkanes) is 1. The number of aryl methyl sites for hydroxylation is 1. The number of hydrogen-bond acceptors (Lipinski definition) is 2. The lowest BCUT2D eigenvalue weighted by atomic mass is 10.0. The fourth-order valence-electron chi connectivity index (χ4n) is 1.36. The van der Waals surface area contributed by atoms with E-state index in [2.05, 4.69) is 18.5 Å². The summed E-state index contributed by atoms with van der Waals surface area (Å²) in [7, 11) is 0. The number of hydrogen-bond donors (Lipinski definition) is 1. The summed E-state index contributed by atoms with van der Waals surface area (Å²) in [5, 5.41) is 0. The second kappa shape index (κ2) is 4.65. The van der Waals surface area contributed by atoms with Crippen LogP contribution < -0.4 is 5.73 Å². The molecule has 0 aliphatic carbocycles.